The van der Waals surface area contributed by atoms with Crippen LogP contribution in [0.15, 0.2) is 32.5 Å². The number of benzene rings is 1. The van der Waals surface area contributed by atoms with Gasteiger partial charge in [-0.1, -0.05) is 29.3 Å². The van der Waals surface area contributed by atoms with E-state index in [-0.39, 0.29) is 5.78 Å². The van der Waals surface area contributed by atoms with Gasteiger partial charge in [0.1, 0.15) is 0 Å². The molecule has 1 nitrogen and oxygen atoms in total. The van der Waals surface area contributed by atoms with Crippen LogP contribution in [0.25, 0.3) is 0 Å². The van der Waals surface area contributed by atoms with E-state index in [4.69, 9.17) is 23.2 Å². The maximum atomic E-state index is 12.3. The monoisotopic (exact) mass is 412 g/mol. The number of hydrogen-bond acceptors (Lipinski definition) is 2. The molecule has 17 heavy (non-hydrogen) atoms. The molecular weight excluding hydrogens is 411 g/mol. The Morgan fingerprint density at radius 2 is 1.76 bits per heavy atom. The Morgan fingerprint density at radius 3 is 2.24 bits per heavy atom. The predicted molar refractivity (Wildman–Crippen MR) is 79.6 cm³/mol. The average Bonchev–Trinajstić information content (AvgIpc) is 2.59. The summed E-state index contributed by atoms with van der Waals surface area (Å²) in [7, 11) is 0. The molecule has 0 radical (unpaired) electrons. The molecule has 0 saturated carbocycles. The minimum Gasteiger partial charge on any atom is -0.288 e. The van der Waals surface area contributed by atoms with Crippen molar-refractivity contribution in [3.05, 3.63) is 53.0 Å². The van der Waals surface area contributed by atoms with Gasteiger partial charge in [-0.05, 0) is 50.1 Å². The molecule has 0 N–H and O–H groups in total. The Kier molecular flexibility index (Phi) is 4.31. The molecule has 0 aliphatic carbocycles. The third-order valence-corrected chi connectivity index (χ3v) is 5.94. The Hall–Kier alpha value is 0.130. The van der Waals surface area contributed by atoms with Gasteiger partial charge < -0.3 is 0 Å². The summed E-state index contributed by atoms with van der Waals surface area (Å²) in [6, 6.07) is 6.76. The first kappa shape index (κ1) is 13.6. The lowest BCUT2D eigenvalue weighted by molar-refractivity contribution is 0.104. The zero-order chi connectivity index (χ0) is 12.6. The van der Waals surface area contributed by atoms with Crippen LogP contribution in [0.5, 0.6) is 0 Å². The van der Waals surface area contributed by atoms with E-state index < -0.39 is 0 Å². The van der Waals surface area contributed by atoms with Gasteiger partial charge >= 0.3 is 0 Å². The molecule has 0 unspecified atom stereocenters. The predicted octanol–water partition coefficient (Wildman–Crippen LogP) is 5.81. The molecule has 0 amide bonds. The normalized spacial score (nSPS) is 10.6. The van der Waals surface area contributed by atoms with Crippen LogP contribution < -0.4 is 0 Å². The second-order valence-corrected chi connectivity index (χ2v) is 7.20. The van der Waals surface area contributed by atoms with Crippen molar-refractivity contribution >= 4 is 72.2 Å². The fourth-order valence-corrected chi connectivity index (χ4v) is 3.85. The van der Waals surface area contributed by atoms with Gasteiger partial charge in [0.25, 0.3) is 0 Å². The molecule has 0 fully saturated rings. The molecular formula is C11H4Br2Cl2OS. The first-order chi connectivity index (χ1) is 8.00. The Labute approximate surface area is 129 Å². The van der Waals surface area contributed by atoms with Gasteiger partial charge in [0.2, 0.25) is 5.78 Å². The van der Waals surface area contributed by atoms with E-state index in [1.807, 2.05) is 0 Å². The molecule has 88 valence electrons. The van der Waals surface area contributed by atoms with Crippen LogP contribution in [-0.4, -0.2) is 5.78 Å². The van der Waals surface area contributed by atoms with Crippen LogP contribution in [0.3, 0.4) is 0 Å². The van der Waals surface area contributed by atoms with Crippen molar-refractivity contribution in [1.29, 1.82) is 0 Å². The van der Waals surface area contributed by atoms with Crippen LogP contribution in [-0.2, 0) is 0 Å². The van der Waals surface area contributed by atoms with E-state index in [9.17, 15) is 4.79 Å². The SMILES string of the molecule is O=C(c1cc(Br)c(Br)s1)c1c(Cl)cccc1Cl. The summed E-state index contributed by atoms with van der Waals surface area (Å²) in [5, 5.41) is 0.728. The maximum Gasteiger partial charge on any atom is 0.206 e. The number of ketones is 1. The van der Waals surface area contributed by atoms with Crippen molar-refractivity contribution in [3.63, 3.8) is 0 Å². The maximum absolute atomic E-state index is 12.3. The van der Waals surface area contributed by atoms with Crippen LogP contribution in [0.1, 0.15) is 15.2 Å². The molecule has 1 heterocycles. The zero-order valence-electron chi connectivity index (χ0n) is 8.14. The van der Waals surface area contributed by atoms with E-state index in [1.54, 1.807) is 24.3 Å². The molecule has 0 bridgehead atoms. The number of thiophene rings is 1. The van der Waals surface area contributed by atoms with Crippen molar-refractivity contribution in [2.45, 2.75) is 0 Å². The third kappa shape index (κ3) is 2.76. The largest absolute Gasteiger partial charge is 0.288 e. The molecule has 2 aromatic rings. The zero-order valence-corrected chi connectivity index (χ0v) is 13.6. The molecule has 1 aromatic carbocycles. The van der Waals surface area contributed by atoms with Crippen molar-refractivity contribution in [3.8, 4) is 0 Å². The van der Waals surface area contributed by atoms with E-state index in [2.05, 4.69) is 31.9 Å². The van der Waals surface area contributed by atoms with Gasteiger partial charge in [-0.2, -0.15) is 0 Å². The standard InChI is InChI=1S/C11H4Br2Cl2OS/c12-5-4-8(17-11(5)13)10(16)9-6(14)2-1-3-7(9)15/h1-4H. The van der Waals surface area contributed by atoms with Crippen LogP contribution in [0.2, 0.25) is 10.0 Å². The number of carbonyl (C=O) groups is 1. The topological polar surface area (TPSA) is 17.1 Å². The molecule has 0 saturated heterocycles. The number of hydrogen-bond donors (Lipinski definition) is 0. The Balaban J connectivity index is 2.51. The summed E-state index contributed by atoms with van der Waals surface area (Å²) >= 11 is 20.0. The highest BCUT2D eigenvalue weighted by atomic mass is 79.9. The molecule has 1 aromatic heterocycles. The lowest BCUT2D eigenvalue weighted by Gasteiger charge is -2.03. The summed E-state index contributed by atoms with van der Waals surface area (Å²) in [5.74, 6) is -0.169. The number of halogens is 4. The highest BCUT2D eigenvalue weighted by molar-refractivity contribution is 9.13. The molecule has 0 aliphatic heterocycles. The Morgan fingerprint density at radius 1 is 1.18 bits per heavy atom. The number of rotatable bonds is 2. The quantitative estimate of drug-likeness (QED) is 0.566. The second-order valence-electron chi connectivity index (χ2n) is 3.16. The third-order valence-electron chi connectivity index (χ3n) is 2.06. The first-order valence-electron chi connectivity index (χ1n) is 4.44. The summed E-state index contributed by atoms with van der Waals surface area (Å²) in [6.07, 6.45) is 0. The van der Waals surface area contributed by atoms with Crippen molar-refractivity contribution in [1.82, 2.24) is 0 Å². The van der Waals surface area contributed by atoms with Gasteiger partial charge in [-0.25, -0.2) is 0 Å². The van der Waals surface area contributed by atoms with Gasteiger partial charge in [0.15, 0.2) is 0 Å². The highest BCUT2D eigenvalue weighted by Crippen LogP contribution is 2.35. The second kappa shape index (κ2) is 5.41. The van der Waals surface area contributed by atoms with Gasteiger partial charge in [0, 0.05) is 4.47 Å². The van der Waals surface area contributed by atoms with Crippen molar-refractivity contribution in [2.24, 2.45) is 0 Å². The van der Waals surface area contributed by atoms with Crippen molar-refractivity contribution in [2.75, 3.05) is 0 Å². The average molecular weight is 415 g/mol. The van der Waals surface area contributed by atoms with Gasteiger partial charge in [-0.15, -0.1) is 11.3 Å². The summed E-state index contributed by atoms with van der Waals surface area (Å²) in [5.41, 5.74) is 0.345. The molecule has 0 spiro atoms. The van der Waals surface area contributed by atoms with E-state index >= 15 is 0 Å². The lowest BCUT2D eigenvalue weighted by atomic mass is 10.1. The summed E-state index contributed by atoms with van der Waals surface area (Å²) in [4.78, 5) is 12.8. The smallest absolute Gasteiger partial charge is 0.206 e. The van der Waals surface area contributed by atoms with Gasteiger partial charge in [0.05, 0.1) is 24.3 Å². The summed E-state index contributed by atoms with van der Waals surface area (Å²) in [6.45, 7) is 0. The molecule has 2 rings (SSSR count). The van der Waals surface area contributed by atoms with E-state index in [1.165, 1.54) is 11.3 Å². The fraction of sp³-hybridized carbons (Fsp3) is 0. The Bertz CT molecular complexity index is 555. The fourth-order valence-electron chi connectivity index (χ4n) is 1.30. The van der Waals surface area contributed by atoms with E-state index in [0.717, 1.165) is 8.26 Å². The molecule has 0 aliphatic rings. The van der Waals surface area contributed by atoms with Crippen LogP contribution in [0.4, 0.5) is 0 Å². The minimum absolute atomic E-state index is 0.169. The van der Waals surface area contributed by atoms with Crippen molar-refractivity contribution < 1.29 is 4.79 Å². The van der Waals surface area contributed by atoms with Crippen LogP contribution >= 0.6 is 66.4 Å². The van der Waals surface area contributed by atoms with Gasteiger partial charge in [-0.3, -0.25) is 4.79 Å². The number of carbonyl (C=O) groups excluding carboxylic acids is 1. The highest BCUT2D eigenvalue weighted by Gasteiger charge is 2.19. The minimum atomic E-state index is -0.169. The van der Waals surface area contributed by atoms with E-state index in [0.29, 0.717) is 20.5 Å². The lowest BCUT2D eigenvalue weighted by Crippen LogP contribution is -2.00. The summed E-state index contributed by atoms with van der Waals surface area (Å²) < 4.78 is 1.71. The molecule has 0 atom stereocenters. The van der Waals surface area contributed by atoms with Crippen LogP contribution in [0, 0.1) is 0 Å². The first-order valence-corrected chi connectivity index (χ1v) is 7.60. The molecule has 6 heteroatoms.